The number of hydrogen-bond donors (Lipinski definition) is 3. The van der Waals surface area contributed by atoms with Crippen molar-refractivity contribution in [3.63, 3.8) is 0 Å². The molecule has 158 valence electrons. The molecule has 3 aromatic rings. The average molecular weight is 427 g/mol. The number of carbonyl (C=O) groups excluding carboxylic acids is 1. The Balaban J connectivity index is 1.59. The molecular formula is C22H26N4O3S. The zero-order chi connectivity index (χ0) is 21.3. The summed E-state index contributed by atoms with van der Waals surface area (Å²) >= 11 is 5.06. The standard InChI is InChI=1S/C22H26N4O3S/c1-3-4-5-6-11-29-19-10-7-15(12-20(19)28-2)14-23-26-21(27)16-8-9-17-18(13-16)25-22(30)24-17/h7-10,12-14H,3-6,11H2,1-2H3,(H,26,27)(H2,24,25,30)/b23-14-. The number of carbonyl (C=O) groups is 1. The molecule has 3 N–H and O–H groups in total. The van der Waals surface area contributed by atoms with Gasteiger partial charge in [0.2, 0.25) is 0 Å². The molecule has 1 amide bonds. The quantitative estimate of drug-likeness (QED) is 0.185. The molecule has 30 heavy (non-hydrogen) atoms. The van der Waals surface area contributed by atoms with Crippen LogP contribution in [-0.2, 0) is 0 Å². The number of rotatable bonds is 10. The van der Waals surface area contributed by atoms with Crippen molar-refractivity contribution in [2.24, 2.45) is 5.10 Å². The third-order valence-corrected chi connectivity index (χ3v) is 4.81. The zero-order valence-corrected chi connectivity index (χ0v) is 18.0. The first kappa shape index (κ1) is 21.6. The third kappa shape index (κ3) is 5.70. The molecule has 0 aliphatic carbocycles. The Bertz CT molecular complexity index is 1090. The van der Waals surface area contributed by atoms with Gasteiger partial charge < -0.3 is 19.4 Å². The summed E-state index contributed by atoms with van der Waals surface area (Å²) in [4.78, 5) is 18.3. The number of nitrogens with zero attached hydrogens (tertiary/aromatic N) is 1. The van der Waals surface area contributed by atoms with Crippen LogP contribution in [0.25, 0.3) is 11.0 Å². The molecule has 0 saturated carbocycles. The number of nitrogens with one attached hydrogen (secondary N) is 3. The van der Waals surface area contributed by atoms with Crippen LogP contribution in [0, 0.1) is 4.77 Å². The lowest BCUT2D eigenvalue weighted by atomic mass is 10.2. The number of aromatic nitrogens is 2. The Kier molecular flexibility index (Phi) is 7.62. The fourth-order valence-electron chi connectivity index (χ4n) is 3.00. The predicted octanol–water partition coefficient (Wildman–Crippen LogP) is 4.96. The number of fused-ring (bicyclic) bond motifs is 1. The summed E-state index contributed by atoms with van der Waals surface area (Å²) < 4.78 is 11.7. The molecular weight excluding hydrogens is 400 g/mol. The molecule has 0 bridgehead atoms. The van der Waals surface area contributed by atoms with Crippen molar-refractivity contribution < 1.29 is 14.3 Å². The SMILES string of the molecule is CCCCCCOc1ccc(/C=N\NC(=O)c2ccc3[nH]c(=S)[nH]c3c2)cc1OC. The van der Waals surface area contributed by atoms with Crippen molar-refractivity contribution >= 4 is 35.4 Å². The molecule has 0 fully saturated rings. The van der Waals surface area contributed by atoms with Gasteiger partial charge in [0.15, 0.2) is 16.3 Å². The van der Waals surface area contributed by atoms with Gasteiger partial charge in [0, 0.05) is 5.56 Å². The summed E-state index contributed by atoms with van der Waals surface area (Å²) in [5.74, 6) is 1.02. The number of amides is 1. The molecule has 0 saturated heterocycles. The van der Waals surface area contributed by atoms with Gasteiger partial charge in [0.25, 0.3) is 5.91 Å². The van der Waals surface area contributed by atoms with Crippen LogP contribution in [0.5, 0.6) is 11.5 Å². The van der Waals surface area contributed by atoms with Crippen LogP contribution in [0.15, 0.2) is 41.5 Å². The van der Waals surface area contributed by atoms with E-state index < -0.39 is 0 Å². The van der Waals surface area contributed by atoms with E-state index in [4.69, 9.17) is 21.7 Å². The van der Waals surface area contributed by atoms with E-state index in [0.717, 1.165) is 29.4 Å². The molecule has 3 rings (SSSR count). The maximum absolute atomic E-state index is 12.3. The van der Waals surface area contributed by atoms with Crippen LogP contribution in [0.1, 0.15) is 48.5 Å². The molecule has 0 radical (unpaired) electrons. The van der Waals surface area contributed by atoms with Crippen molar-refractivity contribution in [3.05, 3.63) is 52.3 Å². The minimum atomic E-state index is -0.312. The first-order valence-corrected chi connectivity index (χ1v) is 10.4. The minimum Gasteiger partial charge on any atom is -0.493 e. The van der Waals surface area contributed by atoms with E-state index in [-0.39, 0.29) is 5.91 Å². The van der Waals surface area contributed by atoms with Gasteiger partial charge in [-0.25, -0.2) is 5.43 Å². The fourth-order valence-corrected chi connectivity index (χ4v) is 3.22. The topological polar surface area (TPSA) is 91.5 Å². The summed E-state index contributed by atoms with van der Waals surface area (Å²) in [7, 11) is 1.60. The second kappa shape index (κ2) is 10.6. The van der Waals surface area contributed by atoms with Crippen LogP contribution in [0.2, 0.25) is 0 Å². The number of ether oxygens (including phenoxy) is 2. The monoisotopic (exact) mass is 426 g/mol. The molecule has 0 aliphatic heterocycles. The lowest BCUT2D eigenvalue weighted by Gasteiger charge is -2.11. The number of imidazole rings is 1. The summed E-state index contributed by atoms with van der Waals surface area (Å²) in [6, 6.07) is 10.8. The maximum Gasteiger partial charge on any atom is 0.271 e. The van der Waals surface area contributed by atoms with E-state index in [0.29, 0.717) is 28.4 Å². The van der Waals surface area contributed by atoms with E-state index in [9.17, 15) is 4.79 Å². The summed E-state index contributed by atoms with van der Waals surface area (Å²) in [6.45, 7) is 2.85. The molecule has 8 heteroatoms. The molecule has 0 spiro atoms. The number of benzene rings is 2. The number of unbranched alkanes of at least 4 members (excludes halogenated alkanes) is 3. The summed E-state index contributed by atoms with van der Waals surface area (Å²) in [6.07, 6.45) is 6.16. The normalized spacial score (nSPS) is 11.1. The Morgan fingerprint density at radius 1 is 1.10 bits per heavy atom. The third-order valence-electron chi connectivity index (χ3n) is 4.60. The molecule has 0 aliphatic rings. The number of aromatic amines is 2. The van der Waals surface area contributed by atoms with Crippen LogP contribution in [-0.4, -0.2) is 35.8 Å². The van der Waals surface area contributed by atoms with Gasteiger partial charge in [-0.1, -0.05) is 26.2 Å². The second-order valence-electron chi connectivity index (χ2n) is 6.86. The van der Waals surface area contributed by atoms with Crippen molar-refractivity contribution in [2.45, 2.75) is 32.6 Å². The van der Waals surface area contributed by atoms with Gasteiger partial charge in [-0.15, -0.1) is 0 Å². The van der Waals surface area contributed by atoms with Gasteiger partial charge in [0.05, 0.1) is 31.0 Å². The van der Waals surface area contributed by atoms with Gasteiger partial charge in [-0.05, 0) is 60.6 Å². The van der Waals surface area contributed by atoms with Crippen LogP contribution >= 0.6 is 12.2 Å². The molecule has 1 aromatic heterocycles. The van der Waals surface area contributed by atoms with E-state index in [1.54, 1.807) is 31.5 Å². The number of H-pyrrole nitrogens is 2. The highest BCUT2D eigenvalue weighted by molar-refractivity contribution is 7.71. The van der Waals surface area contributed by atoms with Crippen LogP contribution in [0.4, 0.5) is 0 Å². The van der Waals surface area contributed by atoms with Crippen molar-refractivity contribution in [1.82, 2.24) is 15.4 Å². The zero-order valence-electron chi connectivity index (χ0n) is 17.2. The minimum absolute atomic E-state index is 0.312. The average Bonchev–Trinajstić information content (AvgIpc) is 3.13. The fraction of sp³-hybridized carbons (Fsp3) is 0.318. The Morgan fingerprint density at radius 3 is 2.73 bits per heavy atom. The largest absolute Gasteiger partial charge is 0.493 e. The van der Waals surface area contributed by atoms with Crippen LogP contribution in [0.3, 0.4) is 0 Å². The maximum atomic E-state index is 12.3. The Morgan fingerprint density at radius 2 is 1.93 bits per heavy atom. The lowest BCUT2D eigenvalue weighted by Crippen LogP contribution is -2.17. The van der Waals surface area contributed by atoms with Crippen molar-refractivity contribution in [3.8, 4) is 11.5 Å². The molecule has 7 nitrogen and oxygen atoms in total. The van der Waals surface area contributed by atoms with Crippen molar-refractivity contribution in [1.29, 1.82) is 0 Å². The van der Waals surface area contributed by atoms with Gasteiger partial charge in [-0.3, -0.25) is 4.79 Å². The molecule has 2 aromatic carbocycles. The first-order chi connectivity index (χ1) is 14.6. The second-order valence-corrected chi connectivity index (χ2v) is 7.27. The highest BCUT2D eigenvalue weighted by Gasteiger charge is 2.07. The first-order valence-electron chi connectivity index (χ1n) is 9.97. The van der Waals surface area contributed by atoms with Gasteiger partial charge >= 0.3 is 0 Å². The predicted molar refractivity (Wildman–Crippen MR) is 121 cm³/mol. The highest BCUT2D eigenvalue weighted by Crippen LogP contribution is 2.27. The summed E-state index contributed by atoms with van der Waals surface area (Å²) in [5.41, 5.74) is 5.42. The molecule has 1 heterocycles. The van der Waals surface area contributed by atoms with E-state index >= 15 is 0 Å². The summed E-state index contributed by atoms with van der Waals surface area (Å²) in [5, 5.41) is 4.04. The molecule has 0 atom stereocenters. The van der Waals surface area contributed by atoms with Gasteiger partial charge in [0.1, 0.15) is 0 Å². The number of hydrogen-bond acceptors (Lipinski definition) is 5. The molecule has 0 unspecified atom stereocenters. The highest BCUT2D eigenvalue weighted by atomic mass is 32.1. The Hall–Kier alpha value is -3.13. The van der Waals surface area contributed by atoms with Gasteiger partial charge in [-0.2, -0.15) is 5.10 Å². The lowest BCUT2D eigenvalue weighted by molar-refractivity contribution is 0.0955. The smallest absolute Gasteiger partial charge is 0.271 e. The number of hydrazone groups is 1. The Labute approximate surface area is 180 Å². The number of methoxy groups -OCH3 is 1. The van der Waals surface area contributed by atoms with E-state index in [1.165, 1.54) is 12.8 Å². The van der Waals surface area contributed by atoms with E-state index in [1.807, 2.05) is 18.2 Å². The van der Waals surface area contributed by atoms with E-state index in [2.05, 4.69) is 27.4 Å². The van der Waals surface area contributed by atoms with Crippen molar-refractivity contribution in [2.75, 3.05) is 13.7 Å². The van der Waals surface area contributed by atoms with Crippen LogP contribution < -0.4 is 14.9 Å².